The number of carbonyl (C=O) groups excluding carboxylic acids is 1. The molecular weight excluding hydrogens is 444 g/mol. The van der Waals surface area contributed by atoms with E-state index in [0.29, 0.717) is 17.2 Å². The number of hydrogen-bond acceptors (Lipinski definition) is 6. The van der Waals surface area contributed by atoms with Crippen LogP contribution in [0, 0.1) is 5.82 Å². The summed E-state index contributed by atoms with van der Waals surface area (Å²) in [5.41, 5.74) is 6.16. The number of benzene rings is 1. The van der Waals surface area contributed by atoms with Gasteiger partial charge in [0.2, 0.25) is 0 Å². The maximum absolute atomic E-state index is 15.0. The second kappa shape index (κ2) is 7.66. The molecular formula is C21H16F4N6O2. The number of nitrogen functional groups attached to an aromatic ring is 1. The van der Waals surface area contributed by atoms with Crippen molar-refractivity contribution in [2.75, 3.05) is 25.5 Å². The molecule has 1 aliphatic rings. The van der Waals surface area contributed by atoms with Gasteiger partial charge >= 0.3 is 6.18 Å². The predicted molar refractivity (Wildman–Crippen MR) is 109 cm³/mol. The molecule has 1 amide bonds. The van der Waals surface area contributed by atoms with E-state index in [-0.39, 0.29) is 42.4 Å². The van der Waals surface area contributed by atoms with E-state index in [9.17, 15) is 22.4 Å². The van der Waals surface area contributed by atoms with Crippen LogP contribution in [0.25, 0.3) is 16.6 Å². The Morgan fingerprint density at radius 2 is 2.00 bits per heavy atom. The molecule has 1 aliphatic heterocycles. The Morgan fingerprint density at radius 3 is 2.73 bits per heavy atom. The fraction of sp³-hybridized carbons (Fsp3) is 0.238. The number of imidazole rings is 1. The molecule has 0 bridgehead atoms. The highest BCUT2D eigenvalue weighted by Gasteiger charge is 2.34. The molecule has 0 saturated carbocycles. The number of ether oxygens (including phenoxy) is 1. The first-order valence-electron chi connectivity index (χ1n) is 9.86. The zero-order valence-electron chi connectivity index (χ0n) is 16.9. The van der Waals surface area contributed by atoms with Crippen LogP contribution in [0.3, 0.4) is 0 Å². The van der Waals surface area contributed by atoms with E-state index in [2.05, 4.69) is 15.0 Å². The standard InChI is InChI=1S/C21H16F4N6O2/c22-13-6-15-16(31-10-27-8-17(31)19(26)29-15)5-12(13)20(32)30-3-4-33-9-18(30)14-2-1-11(7-28-14)21(23,24)25/h1-2,5-8,10,18H,3-4,9H2,(H2,26,29)/t18-/m1/s1. The second-order valence-electron chi connectivity index (χ2n) is 7.53. The zero-order chi connectivity index (χ0) is 23.3. The Balaban J connectivity index is 1.54. The Morgan fingerprint density at radius 1 is 1.18 bits per heavy atom. The van der Waals surface area contributed by atoms with Crippen molar-refractivity contribution in [1.82, 2.24) is 24.3 Å². The highest BCUT2D eigenvalue weighted by atomic mass is 19.4. The number of halogens is 4. The Bertz CT molecular complexity index is 1370. The Labute approximate surface area is 183 Å². The van der Waals surface area contributed by atoms with Crippen LogP contribution in [0.5, 0.6) is 0 Å². The lowest BCUT2D eigenvalue weighted by Gasteiger charge is -2.35. The van der Waals surface area contributed by atoms with Gasteiger partial charge < -0.3 is 15.4 Å². The maximum Gasteiger partial charge on any atom is 0.417 e. The van der Waals surface area contributed by atoms with E-state index in [0.717, 1.165) is 12.1 Å². The summed E-state index contributed by atoms with van der Waals surface area (Å²) in [5, 5.41) is 0. The van der Waals surface area contributed by atoms with Gasteiger partial charge in [-0.15, -0.1) is 0 Å². The number of morpholine rings is 1. The van der Waals surface area contributed by atoms with Crippen molar-refractivity contribution in [2.45, 2.75) is 12.2 Å². The predicted octanol–water partition coefficient (Wildman–Crippen LogP) is 3.23. The summed E-state index contributed by atoms with van der Waals surface area (Å²) >= 11 is 0. The smallest absolute Gasteiger partial charge is 0.382 e. The van der Waals surface area contributed by atoms with Crippen LogP contribution >= 0.6 is 0 Å². The number of alkyl halides is 3. The van der Waals surface area contributed by atoms with Gasteiger partial charge in [0.25, 0.3) is 5.91 Å². The number of nitrogens with zero attached hydrogens (tertiary/aromatic N) is 5. The van der Waals surface area contributed by atoms with Gasteiger partial charge in [0, 0.05) is 18.8 Å². The van der Waals surface area contributed by atoms with Gasteiger partial charge in [0.05, 0.1) is 59.6 Å². The molecule has 12 heteroatoms. The van der Waals surface area contributed by atoms with Gasteiger partial charge in [-0.1, -0.05) is 0 Å². The molecule has 0 unspecified atom stereocenters. The van der Waals surface area contributed by atoms with Crippen molar-refractivity contribution in [2.24, 2.45) is 0 Å². The highest BCUT2D eigenvalue weighted by Crippen LogP contribution is 2.31. The molecule has 1 atom stereocenters. The first-order chi connectivity index (χ1) is 15.7. The lowest BCUT2D eigenvalue weighted by atomic mass is 10.1. The first kappa shape index (κ1) is 21.1. The molecule has 0 spiro atoms. The summed E-state index contributed by atoms with van der Waals surface area (Å²) in [6, 6.07) is 3.79. The van der Waals surface area contributed by atoms with Crippen LogP contribution in [-0.2, 0) is 10.9 Å². The zero-order valence-corrected chi connectivity index (χ0v) is 16.9. The third-order valence-electron chi connectivity index (χ3n) is 5.54. The van der Waals surface area contributed by atoms with Crippen molar-refractivity contribution in [3.8, 4) is 0 Å². The monoisotopic (exact) mass is 460 g/mol. The number of fused-ring (bicyclic) bond motifs is 3. The van der Waals surface area contributed by atoms with Crippen LogP contribution in [0.4, 0.5) is 23.4 Å². The number of pyridine rings is 1. The van der Waals surface area contributed by atoms with Crippen LogP contribution in [0.1, 0.15) is 27.7 Å². The van der Waals surface area contributed by atoms with Crippen LogP contribution in [-0.4, -0.2) is 49.9 Å². The SMILES string of the molecule is Nc1nc2cc(F)c(C(=O)N3CCOC[C@@H]3c3ccc(C(F)(F)F)cn3)cc2n2cncc12. The minimum absolute atomic E-state index is 0.0170. The van der Waals surface area contributed by atoms with E-state index in [1.165, 1.54) is 29.6 Å². The fourth-order valence-corrected chi connectivity index (χ4v) is 3.88. The highest BCUT2D eigenvalue weighted by molar-refractivity contribution is 5.98. The lowest BCUT2D eigenvalue weighted by molar-refractivity contribution is -0.137. The van der Waals surface area contributed by atoms with Crippen LogP contribution in [0.15, 0.2) is 43.0 Å². The lowest BCUT2D eigenvalue weighted by Crippen LogP contribution is -2.44. The first-order valence-corrected chi connectivity index (χ1v) is 9.86. The van der Waals surface area contributed by atoms with Crippen molar-refractivity contribution in [3.05, 3.63) is 65.6 Å². The van der Waals surface area contributed by atoms with Crippen molar-refractivity contribution >= 4 is 28.3 Å². The molecule has 33 heavy (non-hydrogen) atoms. The molecule has 4 aromatic rings. The molecule has 0 radical (unpaired) electrons. The number of rotatable bonds is 2. The molecule has 8 nitrogen and oxygen atoms in total. The average molecular weight is 460 g/mol. The second-order valence-corrected chi connectivity index (χ2v) is 7.53. The quantitative estimate of drug-likeness (QED) is 0.461. The van der Waals surface area contributed by atoms with Gasteiger partial charge in [-0.3, -0.25) is 14.2 Å². The average Bonchev–Trinajstić information content (AvgIpc) is 3.29. The topological polar surface area (TPSA) is 98.6 Å². The van der Waals surface area contributed by atoms with Crippen molar-refractivity contribution < 1.29 is 27.1 Å². The molecule has 1 aromatic carbocycles. The summed E-state index contributed by atoms with van der Waals surface area (Å²) in [6.45, 7) is 0.329. The van der Waals surface area contributed by atoms with E-state index in [1.54, 1.807) is 4.40 Å². The van der Waals surface area contributed by atoms with E-state index in [4.69, 9.17) is 10.5 Å². The van der Waals surface area contributed by atoms with Gasteiger partial charge in [-0.2, -0.15) is 13.2 Å². The minimum atomic E-state index is -4.53. The molecule has 1 saturated heterocycles. The van der Waals surface area contributed by atoms with Crippen molar-refractivity contribution in [1.29, 1.82) is 0 Å². The number of aromatic nitrogens is 4. The summed E-state index contributed by atoms with van der Waals surface area (Å²) in [5.74, 6) is -1.28. The largest absolute Gasteiger partial charge is 0.417 e. The molecule has 5 rings (SSSR count). The number of amides is 1. The third-order valence-corrected chi connectivity index (χ3v) is 5.54. The van der Waals surface area contributed by atoms with Gasteiger partial charge in [-0.05, 0) is 18.2 Å². The van der Waals surface area contributed by atoms with Gasteiger partial charge in [-0.25, -0.2) is 14.4 Å². The molecule has 4 heterocycles. The van der Waals surface area contributed by atoms with E-state index >= 15 is 0 Å². The van der Waals surface area contributed by atoms with E-state index < -0.39 is 29.5 Å². The third kappa shape index (κ3) is 3.61. The minimum Gasteiger partial charge on any atom is -0.382 e. The fourth-order valence-electron chi connectivity index (χ4n) is 3.88. The molecule has 2 N–H and O–H groups in total. The summed E-state index contributed by atoms with van der Waals surface area (Å²) in [7, 11) is 0. The van der Waals surface area contributed by atoms with Gasteiger partial charge in [0.15, 0.2) is 0 Å². The normalized spacial score (nSPS) is 17.1. The van der Waals surface area contributed by atoms with Gasteiger partial charge in [0.1, 0.15) is 17.2 Å². The summed E-state index contributed by atoms with van der Waals surface area (Å²) in [4.78, 5) is 26.8. The summed E-state index contributed by atoms with van der Waals surface area (Å²) in [6.07, 6.45) is -0.851. The number of carbonyl (C=O) groups is 1. The number of hydrogen-bond donors (Lipinski definition) is 1. The van der Waals surface area contributed by atoms with E-state index in [1.807, 2.05) is 0 Å². The van der Waals surface area contributed by atoms with Crippen LogP contribution in [0.2, 0.25) is 0 Å². The van der Waals surface area contributed by atoms with Crippen molar-refractivity contribution in [3.63, 3.8) is 0 Å². The molecule has 3 aromatic heterocycles. The molecule has 0 aliphatic carbocycles. The molecule has 170 valence electrons. The number of anilines is 1. The van der Waals surface area contributed by atoms with Crippen LogP contribution < -0.4 is 5.73 Å². The Kier molecular flexibility index (Phi) is 4.89. The Hall–Kier alpha value is -3.80. The molecule has 1 fully saturated rings. The maximum atomic E-state index is 15.0. The number of nitrogens with two attached hydrogens (primary N) is 1. The summed E-state index contributed by atoms with van der Waals surface area (Å²) < 4.78 is 60.6.